The molecule has 0 spiro atoms. The summed E-state index contributed by atoms with van der Waals surface area (Å²) in [7, 11) is 0. The van der Waals surface area contributed by atoms with Gasteiger partial charge in [-0.2, -0.15) is 0 Å². The van der Waals surface area contributed by atoms with Crippen molar-refractivity contribution in [3.8, 4) is 11.1 Å². The fourth-order valence-corrected chi connectivity index (χ4v) is 3.63. The Balaban J connectivity index is 1.56. The van der Waals surface area contributed by atoms with Crippen LogP contribution in [0.4, 0.5) is 0 Å². The predicted molar refractivity (Wildman–Crippen MR) is 111 cm³/mol. The minimum Gasteiger partial charge on any atom is -0.366 e. The molecule has 3 aromatic carbocycles. The molecule has 0 fully saturated rings. The van der Waals surface area contributed by atoms with Crippen LogP contribution in [0.3, 0.4) is 0 Å². The van der Waals surface area contributed by atoms with Crippen LogP contribution in [0.25, 0.3) is 11.1 Å². The first-order chi connectivity index (χ1) is 13.8. The number of rotatable bonds is 4. The lowest BCUT2D eigenvalue weighted by atomic mass is 10.0. The van der Waals surface area contributed by atoms with Crippen molar-refractivity contribution in [2.75, 3.05) is 0 Å². The van der Waals surface area contributed by atoms with E-state index in [1.165, 1.54) is 6.07 Å². The van der Waals surface area contributed by atoms with Crippen LogP contribution < -0.4 is 11.1 Å². The maximum atomic E-state index is 12.8. The molecule has 0 aliphatic heterocycles. The van der Waals surface area contributed by atoms with Crippen LogP contribution in [0.5, 0.6) is 0 Å². The van der Waals surface area contributed by atoms with Crippen LogP contribution in [-0.2, 0) is 6.54 Å². The van der Waals surface area contributed by atoms with Crippen LogP contribution in [0, 0.1) is 0 Å². The zero-order valence-electron chi connectivity index (χ0n) is 15.0. The molecule has 0 unspecified atom stereocenters. The summed E-state index contributed by atoms with van der Waals surface area (Å²) in [5.74, 6) is -1.16. The number of halogens is 2. The van der Waals surface area contributed by atoms with E-state index in [1.807, 2.05) is 0 Å². The van der Waals surface area contributed by atoms with E-state index >= 15 is 0 Å². The maximum absolute atomic E-state index is 12.8. The van der Waals surface area contributed by atoms with Crippen LogP contribution in [0.1, 0.15) is 42.2 Å². The first-order valence-corrected chi connectivity index (χ1v) is 9.46. The van der Waals surface area contributed by atoms with Gasteiger partial charge >= 0.3 is 0 Å². The van der Waals surface area contributed by atoms with Crippen molar-refractivity contribution in [2.24, 2.45) is 5.73 Å². The second-order valence-corrected chi connectivity index (χ2v) is 7.46. The number of hydrogen-bond acceptors (Lipinski definition) is 3. The Morgan fingerprint density at radius 2 is 1.41 bits per heavy atom. The van der Waals surface area contributed by atoms with Gasteiger partial charge in [-0.05, 0) is 53.1 Å². The van der Waals surface area contributed by atoms with Crippen LogP contribution in [0.2, 0.25) is 10.0 Å². The number of amides is 2. The second-order valence-electron chi connectivity index (χ2n) is 6.65. The Morgan fingerprint density at radius 1 is 0.793 bits per heavy atom. The van der Waals surface area contributed by atoms with Gasteiger partial charge in [-0.25, -0.2) is 0 Å². The summed E-state index contributed by atoms with van der Waals surface area (Å²) in [5, 5.41) is 3.65. The van der Waals surface area contributed by atoms with Crippen LogP contribution >= 0.6 is 23.2 Å². The highest BCUT2D eigenvalue weighted by Crippen LogP contribution is 2.37. The minimum atomic E-state index is -0.598. The molecule has 5 nitrogen and oxygen atoms in total. The molecule has 0 heterocycles. The molecule has 144 valence electrons. The number of hydrogen-bond donors (Lipinski definition) is 2. The van der Waals surface area contributed by atoms with E-state index in [4.69, 9.17) is 28.9 Å². The highest BCUT2D eigenvalue weighted by Gasteiger charge is 2.28. The molecular formula is C22H14Cl2N2O3. The summed E-state index contributed by atoms with van der Waals surface area (Å²) >= 11 is 11.9. The van der Waals surface area contributed by atoms with Crippen molar-refractivity contribution >= 4 is 40.8 Å². The smallest absolute Gasteiger partial charge is 0.251 e. The van der Waals surface area contributed by atoms with Crippen molar-refractivity contribution in [2.45, 2.75) is 6.54 Å². The van der Waals surface area contributed by atoms with Gasteiger partial charge in [0.2, 0.25) is 5.91 Å². The highest BCUT2D eigenvalue weighted by atomic mass is 35.5. The van der Waals surface area contributed by atoms with E-state index in [1.54, 1.807) is 48.5 Å². The van der Waals surface area contributed by atoms with Crippen molar-refractivity contribution < 1.29 is 14.4 Å². The number of primary amides is 1. The fraction of sp³-hybridized carbons (Fsp3) is 0.0455. The number of ketones is 1. The third kappa shape index (κ3) is 3.50. The van der Waals surface area contributed by atoms with Gasteiger partial charge < -0.3 is 11.1 Å². The van der Waals surface area contributed by atoms with Gasteiger partial charge in [0, 0.05) is 28.8 Å². The van der Waals surface area contributed by atoms with Crippen molar-refractivity contribution in [3.63, 3.8) is 0 Å². The number of carbonyl (C=O) groups is 3. The standard InChI is InChI=1S/C22H14Cl2N2O3/c23-18-6-1-11(7-19(18)24)10-26-22(29)13-3-5-15-14-4-2-12(21(25)28)8-16(14)20(27)17(15)9-13/h1-9H,10H2,(H2,25,28)(H,26,29). The quantitative estimate of drug-likeness (QED) is 0.513. The average molecular weight is 425 g/mol. The molecule has 3 N–H and O–H groups in total. The predicted octanol–water partition coefficient (Wildman–Crippen LogP) is 4.23. The number of benzene rings is 3. The largest absolute Gasteiger partial charge is 0.366 e. The van der Waals surface area contributed by atoms with E-state index in [9.17, 15) is 14.4 Å². The van der Waals surface area contributed by atoms with Crippen molar-refractivity contribution in [1.29, 1.82) is 0 Å². The van der Waals surface area contributed by atoms with E-state index in [0.29, 0.717) is 26.7 Å². The lowest BCUT2D eigenvalue weighted by Crippen LogP contribution is -2.23. The summed E-state index contributed by atoms with van der Waals surface area (Å²) in [6, 6.07) is 14.8. The highest BCUT2D eigenvalue weighted by molar-refractivity contribution is 6.42. The second kappa shape index (κ2) is 7.35. The van der Waals surface area contributed by atoms with Gasteiger partial charge in [-0.3, -0.25) is 14.4 Å². The monoisotopic (exact) mass is 424 g/mol. The maximum Gasteiger partial charge on any atom is 0.251 e. The SMILES string of the molecule is NC(=O)c1ccc2c(c1)C(=O)c1cc(C(=O)NCc3ccc(Cl)c(Cl)c3)ccc1-2. The summed E-state index contributed by atoms with van der Waals surface area (Å²) < 4.78 is 0. The molecule has 0 bridgehead atoms. The third-order valence-corrected chi connectivity index (χ3v) is 5.54. The van der Waals surface area contributed by atoms with Gasteiger partial charge in [0.25, 0.3) is 5.91 Å². The molecule has 29 heavy (non-hydrogen) atoms. The van der Waals surface area contributed by atoms with Crippen LogP contribution in [-0.4, -0.2) is 17.6 Å². The fourth-order valence-electron chi connectivity index (χ4n) is 3.31. The Kier molecular flexibility index (Phi) is 4.86. The molecule has 7 heteroatoms. The van der Waals surface area contributed by atoms with Crippen LogP contribution in [0.15, 0.2) is 54.6 Å². The van der Waals surface area contributed by atoms with Gasteiger partial charge in [0.15, 0.2) is 5.78 Å². The molecule has 0 saturated carbocycles. The van der Waals surface area contributed by atoms with E-state index in [2.05, 4.69) is 5.32 Å². The number of carbonyl (C=O) groups excluding carboxylic acids is 3. The molecule has 0 radical (unpaired) electrons. The van der Waals surface area contributed by atoms with E-state index in [0.717, 1.165) is 16.7 Å². The summed E-state index contributed by atoms with van der Waals surface area (Å²) in [6.45, 7) is 0.267. The number of fused-ring (bicyclic) bond motifs is 3. The molecule has 1 aliphatic rings. The Bertz CT molecular complexity index is 1200. The minimum absolute atomic E-state index is 0.239. The van der Waals surface area contributed by atoms with Gasteiger partial charge in [0.1, 0.15) is 0 Å². The zero-order chi connectivity index (χ0) is 20.7. The molecule has 2 amide bonds. The Morgan fingerprint density at radius 3 is 2.03 bits per heavy atom. The molecule has 0 saturated heterocycles. The molecular weight excluding hydrogens is 411 g/mol. The lowest BCUT2D eigenvalue weighted by Gasteiger charge is -2.08. The van der Waals surface area contributed by atoms with Gasteiger partial charge in [-0.15, -0.1) is 0 Å². The lowest BCUT2D eigenvalue weighted by molar-refractivity contribution is 0.0949. The first kappa shape index (κ1) is 19.2. The molecule has 0 atom stereocenters. The zero-order valence-corrected chi connectivity index (χ0v) is 16.5. The molecule has 3 aromatic rings. The van der Waals surface area contributed by atoms with E-state index < -0.39 is 5.91 Å². The topological polar surface area (TPSA) is 89.3 Å². The third-order valence-electron chi connectivity index (χ3n) is 4.80. The van der Waals surface area contributed by atoms with Crippen molar-refractivity contribution in [3.05, 3.63) is 92.5 Å². The normalized spacial score (nSPS) is 11.7. The van der Waals surface area contributed by atoms with Crippen molar-refractivity contribution in [1.82, 2.24) is 5.32 Å². The molecule has 1 aliphatic carbocycles. The Labute approximate surface area is 176 Å². The first-order valence-electron chi connectivity index (χ1n) is 8.70. The van der Waals surface area contributed by atoms with E-state index in [-0.39, 0.29) is 23.8 Å². The Hall–Kier alpha value is -3.15. The van der Waals surface area contributed by atoms with Gasteiger partial charge in [0.05, 0.1) is 10.0 Å². The summed E-state index contributed by atoms with van der Waals surface area (Å²) in [5.41, 5.74) is 9.01. The average Bonchev–Trinajstić information content (AvgIpc) is 3.00. The molecule has 0 aromatic heterocycles. The number of nitrogens with one attached hydrogen (secondary N) is 1. The van der Waals surface area contributed by atoms with Gasteiger partial charge in [-0.1, -0.05) is 41.4 Å². The number of nitrogens with two attached hydrogens (primary N) is 1. The summed E-state index contributed by atoms with van der Waals surface area (Å²) in [6.07, 6.45) is 0. The summed E-state index contributed by atoms with van der Waals surface area (Å²) in [4.78, 5) is 36.7. The molecule has 4 rings (SSSR count).